The van der Waals surface area contributed by atoms with Gasteiger partial charge in [-0.1, -0.05) is 23.7 Å². The van der Waals surface area contributed by atoms with Crippen molar-refractivity contribution in [2.24, 2.45) is 28.3 Å². The zero-order valence-electron chi connectivity index (χ0n) is 16.0. The number of halogens is 2. The van der Waals surface area contributed by atoms with Crippen LogP contribution >= 0.6 is 11.6 Å². The van der Waals surface area contributed by atoms with E-state index in [0.717, 1.165) is 25.7 Å². The third-order valence-corrected chi connectivity index (χ3v) is 5.98. The Morgan fingerprint density at radius 1 is 1.31 bits per heavy atom. The van der Waals surface area contributed by atoms with Crippen molar-refractivity contribution in [1.29, 1.82) is 0 Å². The van der Waals surface area contributed by atoms with E-state index in [9.17, 15) is 14.5 Å². The number of hydrogen-bond acceptors (Lipinski definition) is 5. The average molecular weight is 425 g/mol. The maximum absolute atomic E-state index is 14.1. The van der Waals surface area contributed by atoms with Crippen LogP contribution in [-0.4, -0.2) is 23.1 Å². The summed E-state index contributed by atoms with van der Waals surface area (Å²) in [7, 11) is 0. The second-order valence-electron chi connectivity index (χ2n) is 7.73. The maximum atomic E-state index is 14.1. The lowest BCUT2D eigenvalue weighted by atomic mass is 9.77. The molecule has 1 heterocycles. The number of hydrogen-bond donors (Lipinski definition) is 4. The molecule has 3 rings (SSSR count). The molecule has 1 unspecified atom stereocenters. The van der Waals surface area contributed by atoms with Gasteiger partial charge in [0.2, 0.25) is 0 Å². The Hall–Kier alpha value is -2.23. The predicted octanol–water partition coefficient (Wildman–Crippen LogP) is 2.46. The number of nitro groups is 1. The molecule has 10 heteroatoms. The highest BCUT2D eigenvalue weighted by Crippen LogP contribution is 2.34. The molecular formula is C19H26ClFN6O2. The van der Waals surface area contributed by atoms with E-state index in [1.165, 1.54) is 12.3 Å². The molecule has 1 saturated carbocycles. The fraction of sp³-hybridized carbons (Fsp3) is 0.526. The Morgan fingerprint density at radius 2 is 2.00 bits per heavy atom. The summed E-state index contributed by atoms with van der Waals surface area (Å²) < 4.78 is 14.1. The van der Waals surface area contributed by atoms with Gasteiger partial charge in [0.05, 0.1) is 22.7 Å². The van der Waals surface area contributed by atoms with E-state index >= 15 is 0 Å². The summed E-state index contributed by atoms with van der Waals surface area (Å²) >= 11 is 5.80. The molecule has 1 fully saturated rings. The van der Waals surface area contributed by atoms with Crippen LogP contribution in [0.4, 0.5) is 4.39 Å². The van der Waals surface area contributed by atoms with Crippen molar-refractivity contribution in [3.63, 3.8) is 0 Å². The Morgan fingerprint density at radius 3 is 2.66 bits per heavy atom. The highest BCUT2D eigenvalue weighted by molar-refractivity contribution is 6.30. The van der Waals surface area contributed by atoms with Crippen molar-refractivity contribution in [3.8, 4) is 0 Å². The number of aliphatic imine (C=N–C) groups is 1. The molecule has 0 radical (unpaired) electrons. The van der Waals surface area contributed by atoms with Gasteiger partial charge in [0.15, 0.2) is 11.6 Å². The minimum Gasteiger partial charge on any atom is -0.330 e. The third-order valence-electron chi connectivity index (χ3n) is 5.69. The fourth-order valence-corrected chi connectivity index (χ4v) is 4.19. The Kier molecular flexibility index (Phi) is 6.71. The lowest BCUT2D eigenvalue weighted by molar-refractivity contribution is -0.437. The summed E-state index contributed by atoms with van der Waals surface area (Å²) in [5.41, 5.74) is 11.0. The summed E-state index contributed by atoms with van der Waals surface area (Å²) in [6.45, 7) is 0.681. The molecule has 1 atom stereocenters. The van der Waals surface area contributed by atoms with Crippen LogP contribution in [0.5, 0.6) is 0 Å². The molecule has 0 spiro atoms. The van der Waals surface area contributed by atoms with Crippen LogP contribution in [0.1, 0.15) is 37.7 Å². The lowest BCUT2D eigenvalue weighted by Crippen LogP contribution is -2.64. The van der Waals surface area contributed by atoms with Crippen LogP contribution in [0.3, 0.4) is 0 Å². The molecule has 0 bridgehead atoms. The Bertz CT molecular complexity index is 825. The van der Waals surface area contributed by atoms with Crippen LogP contribution in [0, 0.1) is 27.8 Å². The first-order chi connectivity index (χ1) is 13.8. The molecule has 1 aliphatic carbocycles. The largest absolute Gasteiger partial charge is 0.330 e. The van der Waals surface area contributed by atoms with Crippen molar-refractivity contribution in [3.05, 3.63) is 56.6 Å². The monoisotopic (exact) mass is 424 g/mol. The first kappa shape index (κ1) is 21.5. The van der Waals surface area contributed by atoms with Gasteiger partial charge in [0.1, 0.15) is 5.82 Å². The van der Waals surface area contributed by atoms with Gasteiger partial charge >= 0.3 is 5.70 Å². The average Bonchev–Trinajstić information content (AvgIpc) is 2.69. The third kappa shape index (κ3) is 5.04. The fourth-order valence-electron chi connectivity index (χ4n) is 3.99. The van der Waals surface area contributed by atoms with Gasteiger partial charge in [0, 0.05) is 5.56 Å². The van der Waals surface area contributed by atoms with Gasteiger partial charge in [-0.15, -0.1) is 0 Å². The summed E-state index contributed by atoms with van der Waals surface area (Å²) in [5.74, 6) is 0.485. The minimum atomic E-state index is -1.36. The predicted molar refractivity (Wildman–Crippen MR) is 110 cm³/mol. The van der Waals surface area contributed by atoms with E-state index in [1.807, 2.05) is 0 Å². The molecule has 0 aromatic heterocycles. The molecule has 29 heavy (non-hydrogen) atoms. The molecule has 8 nitrogen and oxygen atoms in total. The maximum Gasteiger partial charge on any atom is 0.301 e. The van der Waals surface area contributed by atoms with Crippen LogP contribution < -0.4 is 22.1 Å². The number of benzene rings is 1. The molecule has 0 amide bonds. The lowest BCUT2D eigenvalue weighted by Gasteiger charge is -2.37. The number of nitrogens with zero attached hydrogens (tertiary/aromatic N) is 2. The second-order valence-corrected chi connectivity index (χ2v) is 8.14. The topological polar surface area (TPSA) is 132 Å². The molecule has 2 aliphatic rings. The van der Waals surface area contributed by atoms with Gasteiger partial charge in [-0.25, -0.2) is 9.38 Å². The summed E-state index contributed by atoms with van der Waals surface area (Å²) in [4.78, 5) is 15.3. The first-order valence-corrected chi connectivity index (χ1v) is 10.1. The molecule has 1 aromatic carbocycles. The van der Waals surface area contributed by atoms with E-state index in [4.69, 9.17) is 23.1 Å². The van der Waals surface area contributed by atoms with Crippen molar-refractivity contribution in [1.82, 2.24) is 10.6 Å². The van der Waals surface area contributed by atoms with Crippen LogP contribution in [-0.2, 0) is 6.54 Å². The summed E-state index contributed by atoms with van der Waals surface area (Å²) in [5, 5.41) is 17.3. The summed E-state index contributed by atoms with van der Waals surface area (Å²) in [6, 6.07) is 4.68. The molecule has 158 valence electrons. The van der Waals surface area contributed by atoms with E-state index < -0.39 is 16.4 Å². The molecule has 1 aromatic rings. The number of guanidine groups is 1. The highest BCUT2D eigenvalue weighted by atomic mass is 35.5. The van der Waals surface area contributed by atoms with Crippen molar-refractivity contribution < 1.29 is 9.31 Å². The number of rotatable bonds is 6. The SMILES string of the molecule is NCC1CCC(CC2(N)NC(=NCc3cccc(Cl)c3F)NC=C2[N+](=O)[O-])CC1. The molecule has 1 aliphatic heterocycles. The highest BCUT2D eigenvalue weighted by Gasteiger charge is 2.44. The van der Waals surface area contributed by atoms with Gasteiger partial charge in [-0.3, -0.25) is 15.8 Å². The second kappa shape index (κ2) is 9.06. The van der Waals surface area contributed by atoms with E-state index in [-0.39, 0.29) is 29.1 Å². The van der Waals surface area contributed by atoms with Gasteiger partial charge in [0.25, 0.3) is 0 Å². The standard InChI is InChI=1S/C19H26ClFN6O2/c20-15-3-1-2-14(17(15)21)10-24-18-25-11-16(27(28)29)19(23,26-18)8-12-4-6-13(9-22)7-5-12/h1-3,11-13H,4-10,22-23H2,(H2,24,25,26). The van der Waals surface area contributed by atoms with Crippen molar-refractivity contribution >= 4 is 17.6 Å². The van der Waals surface area contributed by atoms with Crippen molar-refractivity contribution in [2.75, 3.05) is 6.54 Å². The van der Waals surface area contributed by atoms with Gasteiger partial charge in [-0.2, -0.15) is 0 Å². The number of nitrogens with one attached hydrogen (secondary N) is 2. The Labute approximate surface area is 173 Å². The van der Waals surface area contributed by atoms with Crippen molar-refractivity contribution in [2.45, 2.75) is 44.3 Å². The molecule has 0 saturated heterocycles. The van der Waals surface area contributed by atoms with Gasteiger partial charge in [-0.05, 0) is 56.6 Å². The zero-order valence-corrected chi connectivity index (χ0v) is 16.8. The smallest absolute Gasteiger partial charge is 0.301 e. The van der Waals surface area contributed by atoms with E-state index in [0.29, 0.717) is 24.4 Å². The number of nitrogens with two attached hydrogens (primary N) is 2. The quantitative estimate of drug-likeness (QED) is 0.409. The van der Waals surface area contributed by atoms with Crippen LogP contribution in [0.2, 0.25) is 5.02 Å². The zero-order chi connectivity index (χ0) is 21.0. The first-order valence-electron chi connectivity index (χ1n) is 9.68. The normalized spacial score (nSPS) is 28.4. The summed E-state index contributed by atoms with van der Waals surface area (Å²) in [6.07, 6.45) is 5.53. The minimum absolute atomic E-state index is 0.0149. The Balaban J connectivity index is 1.74. The van der Waals surface area contributed by atoms with E-state index in [2.05, 4.69) is 15.6 Å². The van der Waals surface area contributed by atoms with Crippen LogP contribution in [0.15, 0.2) is 35.1 Å². The molecular weight excluding hydrogens is 399 g/mol. The van der Waals surface area contributed by atoms with E-state index in [1.54, 1.807) is 12.1 Å². The molecule has 6 N–H and O–H groups in total. The van der Waals surface area contributed by atoms with Gasteiger partial charge < -0.3 is 16.4 Å². The van der Waals surface area contributed by atoms with Crippen LogP contribution in [0.25, 0.3) is 0 Å².